The predicted octanol–water partition coefficient (Wildman–Crippen LogP) is 2.12. The Balaban J connectivity index is 0.000000364. The van der Waals surface area contributed by atoms with Crippen molar-refractivity contribution in [3.05, 3.63) is 29.8 Å². The molecule has 0 saturated heterocycles. The molecule has 3 nitrogen and oxygen atoms in total. The zero-order valence-corrected chi connectivity index (χ0v) is 9.03. The highest BCUT2D eigenvalue weighted by molar-refractivity contribution is 7.80. The molecule has 0 amide bonds. The minimum Gasteiger partial charge on any atom is -0.481 e. The summed E-state index contributed by atoms with van der Waals surface area (Å²) in [5, 5.41) is 16.5. The van der Waals surface area contributed by atoms with E-state index in [1.807, 2.05) is 24.3 Å². The van der Waals surface area contributed by atoms with Gasteiger partial charge in [0, 0.05) is 11.8 Å². The van der Waals surface area contributed by atoms with Crippen LogP contribution in [0.15, 0.2) is 29.2 Å². The first-order valence-corrected chi connectivity index (χ1v) is 4.54. The Bertz CT molecular complexity index is 276. The molecule has 0 aliphatic carbocycles. The lowest BCUT2D eigenvalue weighted by molar-refractivity contribution is -0.134. The molecule has 1 unspecified atom stereocenters. The summed E-state index contributed by atoms with van der Waals surface area (Å²) in [6.07, 6.45) is -0.381. The van der Waals surface area contributed by atoms with E-state index in [9.17, 15) is 0 Å². The topological polar surface area (TPSA) is 57.5 Å². The van der Waals surface area contributed by atoms with Gasteiger partial charge in [0.05, 0.1) is 6.10 Å². The molecule has 0 aromatic heterocycles. The molecule has 78 valence electrons. The van der Waals surface area contributed by atoms with Crippen molar-refractivity contribution in [2.24, 2.45) is 0 Å². The molecule has 0 bridgehead atoms. The second kappa shape index (κ2) is 6.45. The zero-order chi connectivity index (χ0) is 11.1. The fourth-order valence-electron chi connectivity index (χ4n) is 0.753. The lowest BCUT2D eigenvalue weighted by Gasteiger charge is -2.02. The largest absolute Gasteiger partial charge is 0.481 e. The minimum atomic E-state index is -0.833. The second-order valence-electron chi connectivity index (χ2n) is 2.79. The average molecular weight is 214 g/mol. The molecule has 0 saturated carbocycles. The maximum atomic E-state index is 9.09. The number of rotatable bonds is 1. The summed E-state index contributed by atoms with van der Waals surface area (Å²) >= 11 is 4.12. The van der Waals surface area contributed by atoms with Gasteiger partial charge in [-0.1, -0.05) is 12.1 Å². The van der Waals surface area contributed by atoms with Crippen LogP contribution in [0.4, 0.5) is 0 Å². The lowest BCUT2D eigenvalue weighted by atomic mass is 10.1. The van der Waals surface area contributed by atoms with E-state index in [0.29, 0.717) is 0 Å². The summed E-state index contributed by atoms with van der Waals surface area (Å²) < 4.78 is 0. The molecule has 1 rings (SSSR count). The average Bonchev–Trinajstić information content (AvgIpc) is 2.03. The van der Waals surface area contributed by atoms with Crippen LogP contribution in [0, 0.1) is 0 Å². The van der Waals surface area contributed by atoms with Gasteiger partial charge < -0.3 is 10.2 Å². The molecule has 1 aromatic rings. The molecule has 0 aliphatic heterocycles. The van der Waals surface area contributed by atoms with Gasteiger partial charge in [-0.3, -0.25) is 4.79 Å². The number of carboxylic acids is 1. The Morgan fingerprint density at radius 3 is 2.00 bits per heavy atom. The van der Waals surface area contributed by atoms with E-state index in [1.54, 1.807) is 6.92 Å². The van der Waals surface area contributed by atoms with Crippen LogP contribution in [0.5, 0.6) is 0 Å². The van der Waals surface area contributed by atoms with Crippen LogP contribution in [-0.2, 0) is 4.79 Å². The highest BCUT2D eigenvalue weighted by Gasteiger charge is 1.97. The highest BCUT2D eigenvalue weighted by Crippen LogP contribution is 2.13. The number of carbonyl (C=O) groups is 1. The fraction of sp³-hybridized carbons (Fsp3) is 0.300. The Morgan fingerprint density at radius 1 is 1.36 bits per heavy atom. The van der Waals surface area contributed by atoms with E-state index in [2.05, 4.69) is 12.6 Å². The number of aliphatic carboxylic acids is 1. The zero-order valence-electron chi connectivity index (χ0n) is 8.14. The third kappa shape index (κ3) is 6.51. The van der Waals surface area contributed by atoms with E-state index >= 15 is 0 Å². The van der Waals surface area contributed by atoms with Crippen molar-refractivity contribution in [2.75, 3.05) is 0 Å². The predicted molar refractivity (Wildman–Crippen MR) is 57.6 cm³/mol. The number of benzene rings is 1. The van der Waals surface area contributed by atoms with Gasteiger partial charge in [-0.2, -0.15) is 0 Å². The summed E-state index contributed by atoms with van der Waals surface area (Å²) in [5.41, 5.74) is 0.929. The Kier molecular flexibility index (Phi) is 5.99. The van der Waals surface area contributed by atoms with E-state index in [4.69, 9.17) is 15.0 Å². The maximum Gasteiger partial charge on any atom is 0.300 e. The molecule has 2 N–H and O–H groups in total. The molecule has 14 heavy (non-hydrogen) atoms. The number of thiol groups is 1. The molecule has 1 aromatic carbocycles. The number of hydrogen-bond donors (Lipinski definition) is 3. The molecule has 0 radical (unpaired) electrons. The van der Waals surface area contributed by atoms with Gasteiger partial charge in [0.25, 0.3) is 5.97 Å². The molecular weight excluding hydrogens is 200 g/mol. The first-order chi connectivity index (χ1) is 6.43. The van der Waals surface area contributed by atoms with Crippen molar-refractivity contribution in [3.8, 4) is 0 Å². The van der Waals surface area contributed by atoms with Crippen molar-refractivity contribution in [2.45, 2.75) is 24.8 Å². The monoisotopic (exact) mass is 214 g/mol. The first kappa shape index (κ1) is 13.0. The van der Waals surface area contributed by atoms with Crippen LogP contribution < -0.4 is 0 Å². The summed E-state index contributed by atoms with van der Waals surface area (Å²) in [6.45, 7) is 2.83. The van der Waals surface area contributed by atoms with Crippen LogP contribution in [0.3, 0.4) is 0 Å². The van der Waals surface area contributed by atoms with Gasteiger partial charge in [0.2, 0.25) is 0 Å². The van der Waals surface area contributed by atoms with Crippen molar-refractivity contribution in [3.63, 3.8) is 0 Å². The third-order valence-electron chi connectivity index (χ3n) is 1.38. The maximum absolute atomic E-state index is 9.09. The van der Waals surface area contributed by atoms with Crippen molar-refractivity contribution in [1.82, 2.24) is 0 Å². The number of carboxylic acid groups (broad SMARTS) is 1. The molecule has 0 fully saturated rings. The lowest BCUT2D eigenvalue weighted by Crippen LogP contribution is -1.88. The van der Waals surface area contributed by atoms with Crippen molar-refractivity contribution < 1.29 is 15.0 Å². The summed E-state index contributed by atoms with van der Waals surface area (Å²) in [4.78, 5) is 9.92. The normalized spacial score (nSPS) is 11.1. The molecule has 0 heterocycles. The summed E-state index contributed by atoms with van der Waals surface area (Å²) in [7, 11) is 0. The SMILES string of the molecule is CC(=O)O.CC(O)c1ccc(S)cc1. The molecule has 0 spiro atoms. The molecular formula is C10H14O3S. The van der Waals surface area contributed by atoms with Crippen LogP contribution in [-0.4, -0.2) is 16.2 Å². The van der Waals surface area contributed by atoms with Gasteiger partial charge >= 0.3 is 0 Å². The summed E-state index contributed by atoms with van der Waals surface area (Å²) in [6, 6.07) is 7.47. The van der Waals surface area contributed by atoms with Crippen molar-refractivity contribution >= 4 is 18.6 Å². The summed E-state index contributed by atoms with van der Waals surface area (Å²) in [5.74, 6) is -0.833. The van der Waals surface area contributed by atoms with Crippen LogP contribution >= 0.6 is 12.6 Å². The van der Waals surface area contributed by atoms with E-state index in [0.717, 1.165) is 17.4 Å². The van der Waals surface area contributed by atoms with E-state index < -0.39 is 5.97 Å². The van der Waals surface area contributed by atoms with E-state index in [1.165, 1.54) is 0 Å². The standard InChI is InChI=1S/C8H10OS.C2H4O2/c1-6(9)7-2-4-8(10)5-3-7;1-2(3)4/h2-6,9-10H,1H3;1H3,(H,3,4). The first-order valence-electron chi connectivity index (χ1n) is 4.10. The molecule has 1 atom stereocenters. The van der Waals surface area contributed by atoms with Gasteiger partial charge in [-0.05, 0) is 24.6 Å². The Hall–Kier alpha value is -1.00. The Morgan fingerprint density at radius 2 is 1.71 bits per heavy atom. The minimum absolute atomic E-state index is 0.381. The molecule has 4 heteroatoms. The highest BCUT2D eigenvalue weighted by atomic mass is 32.1. The number of aliphatic hydroxyl groups excluding tert-OH is 1. The van der Waals surface area contributed by atoms with Crippen molar-refractivity contribution in [1.29, 1.82) is 0 Å². The Labute approximate surface area is 88.8 Å². The third-order valence-corrected chi connectivity index (χ3v) is 1.67. The fourth-order valence-corrected chi connectivity index (χ4v) is 0.902. The van der Waals surface area contributed by atoms with Gasteiger partial charge in [0.1, 0.15) is 0 Å². The van der Waals surface area contributed by atoms with Gasteiger partial charge in [-0.25, -0.2) is 0 Å². The number of hydrogen-bond acceptors (Lipinski definition) is 3. The van der Waals surface area contributed by atoms with E-state index in [-0.39, 0.29) is 6.10 Å². The molecule has 0 aliphatic rings. The smallest absolute Gasteiger partial charge is 0.300 e. The van der Waals surface area contributed by atoms with Crippen LogP contribution in [0.1, 0.15) is 25.5 Å². The van der Waals surface area contributed by atoms with Crippen LogP contribution in [0.25, 0.3) is 0 Å². The second-order valence-corrected chi connectivity index (χ2v) is 3.30. The number of aliphatic hydroxyl groups is 1. The van der Waals surface area contributed by atoms with Crippen LogP contribution in [0.2, 0.25) is 0 Å². The quantitative estimate of drug-likeness (QED) is 0.628. The van der Waals surface area contributed by atoms with Gasteiger partial charge in [0.15, 0.2) is 0 Å². The van der Waals surface area contributed by atoms with Gasteiger partial charge in [-0.15, -0.1) is 12.6 Å².